The zero-order valence-corrected chi connectivity index (χ0v) is 13.8. The third-order valence-corrected chi connectivity index (χ3v) is 5.66. The van der Waals surface area contributed by atoms with E-state index in [1.807, 2.05) is 0 Å². The van der Waals surface area contributed by atoms with Gasteiger partial charge in [0, 0.05) is 31.7 Å². The average Bonchev–Trinajstić information content (AvgIpc) is 2.32. The van der Waals surface area contributed by atoms with Crippen molar-refractivity contribution in [1.29, 1.82) is 0 Å². The molecule has 1 fully saturated rings. The molecule has 5 nitrogen and oxygen atoms in total. The highest BCUT2D eigenvalue weighted by Crippen LogP contribution is 2.18. The summed E-state index contributed by atoms with van der Waals surface area (Å²) in [5.41, 5.74) is 0. The van der Waals surface area contributed by atoms with E-state index in [1.165, 1.54) is 0 Å². The van der Waals surface area contributed by atoms with Crippen LogP contribution in [-0.4, -0.2) is 80.6 Å². The molecule has 1 aliphatic heterocycles. The Morgan fingerprint density at radius 2 is 1.68 bits per heavy atom. The molecule has 114 valence electrons. The first-order chi connectivity index (χ1) is 8.77. The fraction of sp³-hybridized carbons (Fsp3) is 1.00. The first-order valence-electron chi connectivity index (χ1n) is 7.16. The van der Waals surface area contributed by atoms with Crippen molar-refractivity contribution in [3.8, 4) is 0 Å². The van der Waals surface area contributed by atoms with Crippen LogP contribution < -0.4 is 0 Å². The van der Waals surface area contributed by atoms with E-state index in [1.54, 1.807) is 11.2 Å². The van der Waals surface area contributed by atoms with Gasteiger partial charge in [-0.05, 0) is 47.8 Å². The molecule has 1 aliphatic rings. The molecule has 0 aromatic rings. The van der Waals surface area contributed by atoms with E-state index in [0.717, 1.165) is 19.5 Å². The summed E-state index contributed by atoms with van der Waals surface area (Å²) >= 11 is 0. The molecule has 19 heavy (non-hydrogen) atoms. The van der Waals surface area contributed by atoms with E-state index in [2.05, 4.69) is 37.7 Å². The number of nitrogens with zero attached hydrogens (tertiary/aromatic N) is 3. The molecular weight excluding hydrogens is 262 g/mol. The van der Waals surface area contributed by atoms with Gasteiger partial charge in [0.05, 0.1) is 5.75 Å². The zero-order valence-electron chi connectivity index (χ0n) is 13.0. The Balaban J connectivity index is 2.57. The van der Waals surface area contributed by atoms with Gasteiger partial charge >= 0.3 is 0 Å². The predicted octanol–water partition coefficient (Wildman–Crippen LogP) is 0.682. The van der Waals surface area contributed by atoms with Crippen LogP contribution in [0.1, 0.15) is 27.2 Å². The fourth-order valence-electron chi connectivity index (χ4n) is 2.73. The van der Waals surface area contributed by atoms with Crippen LogP contribution in [-0.2, 0) is 10.0 Å². The SMILES string of the molecule is CCS(=O)(=O)N1CC(C)N(CCCN(C)C)C(C)C1. The van der Waals surface area contributed by atoms with Crippen molar-refractivity contribution in [2.75, 3.05) is 46.0 Å². The minimum absolute atomic E-state index is 0.201. The van der Waals surface area contributed by atoms with Crippen molar-refractivity contribution in [2.24, 2.45) is 0 Å². The second-order valence-electron chi connectivity index (χ2n) is 5.81. The maximum atomic E-state index is 12.0. The Kier molecular flexibility index (Phi) is 6.23. The summed E-state index contributed by atoms with van der Waals surface area (Å²) in [5, 5.41) is 0. The van der Waals surface area contributed by atoms with E-state index in [-0.39, 0.29) is 5.75 Å². The molecule has 6 heteroatoms. The van der Waals surface area contributed by atoms with E-state index >= 15 is 0 Å². The Morgan fingerprint density at radius 3 is 2.11 bits per heavy atom. The molecule has 1 heterocycles. The van der Waals surface area contributed by atoms with E-state index in [0.29, 0.717) is 25.2 Å². The quantitative estimate of drug-likeness (QED) is 0.722. The van der Waals surface area contributed by atoms with Gasteiger partial charge in [0.25, 0.3) is 0 Å². The molecule has 2 unspecified atom stereocenters. The van der Waals surface area contributed by atoms with E-state index < -0.39 is 10.0 Å². The van der Waals surface area contributed by atoms with Crippen LogP contribution in [0.3, 0.4) is 0 Å². The number of sulfonamides is 1. The van der Waals surface area contributed by atoms with Crippen LogP contribution in [0.2, 0.25) is 0 Å². The summed E-state index contributed by atoms with van der Waals surface area (Å²) in [5.74, 6) is 0.201. The van der Waals surface area contributed by atoms with E-state index in [9.17, 15) is 8.42 Å². The van der Waals surface area contributed by atoms with Crippen molar-refractivity contribution in [3.05, 3.63) is 0 Å². The fourth-order valence-corrected chi connectivity index (χ4v) is 3.98. The van der Waals surface area contributed by atoms with Gasteiger partial charge in [-0.3, -0.25) is 4.90 Å². The van der Waals surface area contributed by atoms with Crippen LogP contribution in [0.15, 0.2) is 0 Å². The van der Waals surface area contributed by atoms with Crippen molar-refractivity contribution in [3.63, 3.8) is 0 Å². The maximum absolute atomic E-state index is 12.0. The van der Waals surface area contributed by atoms with Gasteiger partial charge in [-0.25, -0.2) is 8.42 Å². The summed E-state index contributed by atoms with van der Waals surface area (Å²) in [7, 11) is 1.12. The molecule has 0 spiro atoms. The number of hydrogen-bond donors (Lipinski definition) is 0. The lowest BCUT2D eigenvalue weighted by Gasteiger charge is -2.43. The molecular formula is C13H29N3O2S. The third kappa shape index (κ3) is 4.70. The molecule has 0 aromatic heterocycles. The van der Waals surface area contributed by atoms with Crippen molar-refractivity contribution in [1.82, 2.24) is 14.1 Å². The Hall–Kier alpha value is -0.170. The van der Waals surface area contributed by atoms with Crippen LogP contribution in [0.5, 0.6) is 0 Å². The van der Waals surface area contributed by atoms with Gasteiger partial charge in [-0.15, -0.1) is 0 Å². The second kappa shape index (κ2) is 7.02. The first-order valence-corrected chi connectivity index (χ1v) is 8.77. The molecule has 0 saturated carbocycles. The largest absolute Gasteiger partial charge is 0.309 e. The van der Waals surface area contributed by atoms with Gasteiger partial charge in [0.15, 0.2) is 0 Å². The molecule has 0 radical (unpaired) electrons. The van der Waals surface area contributed by atoms with Gasteiger partial charge in [0.1, 0.15) is 0 Å². The highest BCUT2D eigenvalue weighted by atomic mass is 32.2. The predicted molar refractivity (Wildman–Crippen MR) is 79.8 cm³/mol. The smallest absolute Gasteiger partial charge is 0.213 e. The van der Waals surface area contributed by atoms with Crippen molar-refractivity contribution < 1.29 is 8.42 Å². The molecule has 0 aromatic carbocycles. The highest BCUT2D eigenvalue weighted by Gasteiger charge is 2.33. The summed E-state index contributed by atoms with van der Waals surface area (Å²) in [6.45, 7) is 9.35. The Bertz CT molecular complexity index is 358. The van der Waals surface area contributed by atoms with Gasteiger partial charge < -0.3 is 4.90 Å². The summed E-state index contributed by atoms with van der Waals surface area (Å²) < 4.78 is 25.6. The molecule has 2 atom stereocenters. The van der Waals surface area contributed by atoms with Crippen LogP contribution in [0, 0.1) is 0 Å². The third-order valence-electron chi connectivity index (χ3n) is 3.85. The minimum Gasteiger partial charge on any atom is -0.309 e. The molecule has 1 rings (SSSR count). The highest BCUT2D eigenvalue weighted by molar-refractivity contribution is 7.89. The number of hydrogen-bond acceptors (Lipinski definition) is 4. The molecule has 0 bridgehead atoms. The van der Waals surface area contributed by atoms with Gasteiger partial charge in [-0.2, -0.15) is 4.31 Å². The normalized spacial score (nSPS) is 27.1. The lowest BCUT2D eigenvalue weighted by atomic mass is 10.1. The lowest BCUT2D eigenvalue weighted by molar-refractivity contribution is 0.0741. The van der Waals surface area contributed by atoms with Crippen LogP contribution in [0.25, 0.3) is 0 Å². The molecule has 0 amide bonds. The van der Waals surface area contributed by atoms with Gasteiger partial charge in [-0.1, -0.05) is 0 Å². The molecule has 0 N–H and O–H groups in total. The monoisotopic (exact) mass is 291 g/mol. The molecule has 1 saturated heterocycles. The minimum atomic E-state index is -3.05. The topological polar surface area (TPSA) is 43.9 Å². The van der Waals surface area contributed by atoms with Crippen molar-refractivity contribution in [2.45, 2.75) is 39.3 Å². The summed E-state index contributed by atoms with van der Waals surface area (Å²) in [6, 6.07) is 0.597. The standard InChI is InChI=1S/C13H29N3O2S/c1-6-19(17,18)15-10-12(2)16(13(3)11-15)9-7-8-14(4)5/h12-13H,6-11H2,1-5H3. The van der Waals surface area contributed by atoms with Crippen LogP contribution >= 0.6 is 0 Å². The Morgan fingerprint density at radius 1 is 1.16 bits per heavy atom. The first kappa shape index (κ1) is 16.9. The molecule has 0 aliphatic carbocycles. The second-order valence-corrected chi connectivity index (χ2v) is 8.07. The Labute approximate surface area is 118 Å². The number of rotatable bonds is 6. The van der Waals surface area contributed by atoms with E-state index in [4.69, 9.17) is 0 Å². The summed E-state index contributed by atoms with van der Waals surface area (Å²) in [4.78, 5) is 4.62. The average molecular weight is 291 g/mol. The maximum Gasteiger partial charge on any atom is 0.213 e. The zero-order chi connectivity index (χ0) is 14.6. The lowest BCUT2D eigenvalue weighted by Crippen LogP contribution is -2.58. The van der Waals surface area contributed by atoms with Crippen molar-refractivity contribution >= 4 is 10.0 Å². The van der Waals surface area contributed by atoms with Gasteiger partial charge in [0.2, 0.25) is 10.0 Å². The number of piperazine rings is 1. The van der Waals surface area contributed by atoms with Crippen LogP contribution in [0.4, 0.5) is 0 Å². The summed E-state index contributed by atoms with van der Waals surface area (Å²) in [6.07, 6.45) is 1.13.